The maximum absolute atomic E-state index is 12.4. The first-order valence-corrected chi connectivity index (χ1v) is 9.06. The molecule has 8 heteroatoms. The highest BCUT2D eigenvalue weighted by Gasteiger charge is 2.25. The standard InChI is InChI=1S/C18H17NO6S/c20-17(21)11-8-13-6-9-15(10-7-13)26(24,25)19-16(18(22)23)12-14-4-2-1-3-5-14/h1-11,16,19H,12H2,(H,20,21)(H,22,23)/b11-8+/t16-/m1/s1. The van der Waals surface area contributed by atoms with Crippen LogP contribution in [0, 0.1) is 0 Å². The molecule has 2 rings (SSSR count). The van der Waals surface area contributed by atoms with E-state index in [2.05, 4.69) is 4.72 Å². The van der Waals surface area contributed by atoms with Crippen LogP contribution in [0.4, 0.5) is 0 Å². The summed E-state index contributed by atoms with van der Waals surface area (Å²) in [4.78, 5) is 21.8. The van der Waals surface area contributed by atoms with Crippen molar-refractivity contribution in [1.82, 2.24) is 4.72 Å². The molecular formula is C18H17NO6S. The zero-order valence-electron chi connectivity index (χ0n) is 13.6. The lowest BCUT2D eigenvalue weighted by Gasteiger charge is -2.15. The van der Waals surface area contributed by atoms with Crippen molar-refractivity contribution in [2.45, 2.75) is 17.4 Å². The molecular weight excluding hydrogens is 358 g/mol. The maximum Gasteiger partial charge on any atom is 0.328 e. The zero-order chi connectivity index (χ0) is 19.2. The van der Waals surface area contributed by atoms with Crippen LogP contribution in [-0.2, 0) is 26.0 Å². The number of benzene rings is 2. The number of hydrogen-bond acceptors (Lipinski definition) is 4. The molecule has 0 aromatic heterocycles. The molecule has 1 atom stereocenters. The van der Waals surface area contributed by atoms with Crippen LogP contribution in [0.15, 0.2) is 65.6 Å². The van der Waals surface area contributed by atoms with Crippen molar-refractivity contribution in [3.05, 3.63) is 71.8 Å². The van der Waals surface area contributed by atoms with Gasteiger partial charge in [-0.3, -0.25) is 4.79 Å². The third kappa shape index (κ3) is 5.54. The van der Waals surface area contributed by atoms with Gasteiger partial charge in [0, 0.05) is 6.08 Å². The summed E-state index contributed by atoms with van der Waals surface area (Å²) < 4.78 is 27.0. The Morgan fingerprint density at radius 2 is 1.62 bits per heavy atom. The molecule has 0 aliphatic heterocycles. The lowest BCUT2D eigenvalue weighted by Crippen LogP contribution is -2.42. The van der Waals surface area contributed by atoms with Gasteiger partial charge >= 0.3 is 11.9 Å². The summed E-state index contributed by atoms with van der Waals surface area (Å²) in [5, 5.41) is 17.9. The van der Waals surface area contributed by atoms with Gasteiger partial charge in [0.2, 0.25) is 10.0 Å². The van der Waals surface area contributed by atoms with Gasteiger partial charge in [0.05, 0.1) is 4.90 Å². The number of aliphatic carboxylic acids is 2. The Labute approximate surface area is 150 Å². The van der Waals surface area contributed by atoms with Crippen molar-refractivity contribution in [1.29, 1.82) is 0 Å². The predicted octanol–water partition coefficient (Wildman–Crippen LogP) is 1.76. The second-order valence-corrected chi connectivity index (χ2v) is 7.16. The van der Waals surface area contributed by atoms with Gasteiger partial charge in [0.25, 0.3) is 0 Å². The molecule has 0 saturated carbocycles. The first-order valence-electron chi connectivity index (χ1n) is 7.58. The van der Waals surface area contributed by atoms with E-state index in [1.165, 1.54) is 30.3 Å². The predicted molar refractivity (Wildman–Crippen MR) is 95.0 cm³/mol. The quantitative estimate of drug-likeness (QED) is 0.605. The summed E-state index contributed by atoms with van der Waals surface area (Å²) in [5.41, 5.74) is 1.20. The van der Waals surface area contributed by atoms with Crippen LogP contribution in [0.25, 0.3) is 6.08 Å². The lowest BCUT2D eigenvalue weighted by atomic mass is 10.1. The first kappa shape index (κ1) is 19.4. The SMILES string of the molecule is O=C(O)/C=C/c1ccc(S(=O)(=O)N[C@H](Cc2ccccc2)C(=O)O)cc1. The highest BCUT2D eigenvalue weighted by atomic mass is 32.2. The minimum absolute atomic E-state index is 0.00877. The fourth-order valence-electron chi connectivity index (χ4n) is 2.21. The molecule has 7 nitrogen and oxygen atoms in total. The summed E-state index contributed by atoms with van der Waals surface area (Å²) in [6, 6.07) is 12.8. The average molecular weight is 375 g/mol. The van der Waals surface area contributed by atoms with Crippen LogP contribution < -0.4 is 4.72 Å². The van der Waals surface area contributed by atoms with Gasteiger partial charge in [-0.25, -0.2) is 13.2 Å². The maximum atomic E-state index is 12.4. The van der Waals surface area contributed by atoms with Crippen molar-refractivity contribution in [2.24, 2.45) is 0 Å². The summed E-state index contributed by atoms with van der Waals surface area (Å²) >= 11 is 0. The highest BCUT2D eigenvalue weighted by Crippen LogP contribution is 2.13. The molecule has 136 valence electrons. The number of sulfonamides is 1. The van der Waals surface area contributed by atoms with E-state index in [4.69, 9.17) is 5.11 Å². The Kier molecular flexibility index (Phi) is 6.26. The van der Waals surface area contributed by atoms with Crippen molar-refractivity contribution in [2.75, 3.05) is 0 Å². The molecule has 0 unspecified atom stereocenters. The van der Waals surface area contributed by atoms with Gasteiger partial charge in [0.15, 0.2) is 0 Å². The first-order chi connectivity index (χ1) is 12.3. The Morgan fingerprint density at radius 1 is 1.00 bits per heavy atom. The number of rotatable bonds is 8. The smallest absolute Gasteiger partial charge is 0.328 e. The van der Waals surface area contributed by atoms with Crippen molar-refractivity contribution >= 4 is 28.0 Å². The van der Waals surface area contributed by atoms with Crippen molar-refractivity contribution in [3.8, 4) is 0 Å². The number of hydrogen-bond donors (Lipinski definition) is 3. The van der Waals surface area contributed by atoms with Crippen LogP contribution in [-0.4, -0.2) is 36.6 Å². The van der Waals surface area contributed by atoms with Crippen molar-refractivity contribution in [3.63, 3.8) is 0 Å². The van der Waals surface area contributed by atoms with Gasteiger partial charge in [-0.15, -0.1) is 0 Å². The number of carboxylic acid groups (broad SMARTS) is 2. The summed E-state index contributed by atoms with van der Waals surface area (Å²) in [6.07, 6.45) is 2.26. The van der Waals surface area contributed by atoms with E-state index in [0.29, 0.717) is 11.1 Å². The molecule has 26 heavy (non-hydrogen) atoms. The molecule has 0 aliphatic carbocycles. The minimum atomic E-state index is -4.04. The van der Waals surface area contributed by atoms with Gasteiger partial charge in [-0.2, -0.15) is 4.72 Å². The zero-order valence-corrected chi connectivity index (χ0v) is 14.4. The van der Waals surface area contributed by atoms with E-state index < -0.39 is 28.0 Å². The second-order valence-electron chi connectivity index (χ2n) is 5.44. The molecule has 3 N–H and O–H groups in total. The molecule has 0 heterocycles. The van der Waals surface area contributed by atoms with Gasteiger partial charge < -0.3 is 10.2 Å². The fourth-order valence-corrected chi connectivity index (χ4v) is 3.40. The van der Waals surface area contributed by atoms with E-state index >= 15 is 0 Å². The van der Waals surface area contributed by atoms with E-state index in [-0.39, 0.29) is 11.3 Å². The van der Waals surface area contributed by atoms with E-state index in [1.807, 2.05) is 0 Å². The number of carboxylic acids is 2. The third-order valence-corrected chi connectivity index (χ3v) is 4.97. The molecule has 0 spiro atoms. The average Bonchev–Trinajstić information content (AvgIpc) is 2.60. The monoisotopic (exact) mass is 375 g/mol. The molecule has 2 aromatic carbocycles. The van der Waals surface area contributed by atoms with Gasteiger partial charge in [-0.05, 0) is 35.8 Å². The number of nitrogens with one attached hydrogen (secondary N) is 1. The Balaban J connectivity index is 2.17. The number of carbonyl (C=O) groups is 2. The Bertz CT molecular complexity index is 904. The topological polar surface area (TPSA) is 121 Å². The Hall–Kier alpha value is -2.97. The Morgan fingerprint density at radius 3 is 2.15 bits per heavy atom. The van der Waals surface area contributed by atoms with E-state index in [9.17, 15) is 23.1 Å². The molecule has 0 saturated heterocycles. The van der Waals surface area contributed by atoms with Crippen LogP contribution in [0.3, 0.4) is 0 Å². The van der Waals surface area contributed by atoms with E-state index in [0.717, 1.165) is 6.08 Å². The van der Waals surface area contributed by atoms with Crippen LogP contribution in [0.1, 0.15) is 11.1 Å². The molecule has 0 fully saturated rings. The van der Waals surface area contributed by atoms with Crippen LogP contribution >= 0.6 is 0 Å². The van der Waals surface area contributed by atoms with Crippen LogP contribution in [0.5, 0.6) is 0 Å². The largest absolute Gasteiger partial charge is 0.480 e. The highest BCUT2D eigenvalue weighted by molar-refractivity contribution is 7.89. The van der Waals surface area contributed by atoms with Crippen LogP contribution in [0.2, 0.25) is 0 Å². The van der Waals surface area contributed by atoms with Crippen molar-refractivity contribution < 1.29 is 28.2 Å². The van der Waals surface area contributed by atoms with E-state index in [1.54, 1.807) is 30.3 Å². The van der Waals surface area contributed by atoms with Gasteiger partial charge in [-0.1, -0.05) is 42.5 Å². The second kappa shape index (κ2) is 8.41. The molecule has 0 aliphatic rings. The van der Waals surface area contributed by atoms with Gasteiger partial charge in [0.1, 0.15) is 6.04 Å². The molecule has 0 amide bonds. The third-order valence-electron chi connectivity index (χ3n) is 3.49. The molecule has 0 bridgehead atoms. The summed E-state index contributed by atoms with van der Waals surface area (Å²) in [6.45, 7) is 0. The normalized spacial score (nSPS) is 12.8. The summed E-state index contributed by atoms with van der Waals surface area (Å²) in [5.74, 6) is -2.40. The molecule has 2 aromatic rings. The lowest BCUT2D eigenvalue weighted by molar-refractivity contribution is -0.139. The molecule has 0 radical (unpaired) electrons. The minimum Gasteiger partial charge on any atom is -0.480 e. The fraction of sp³-hybridized carbons (Fsp3) is 0.111. The summed E-state index contributed by atoms with van der Waals surface area (Å²) in [7, 11) is -4.04.